The van der Waals surface area contributed by atoms with Crippen molar-refractivity contribution in [2.45, 2.75) is 38.5 Å². The maximum Gasteiger partial charge on any atom is 0.251 e. The van der Waals surface area contributed by atoms with Gasteiger partial charge in [-0.1, -0.05) is 18.6 Å². The Morgan fingerprint density at radius 3 is 2.77 bits per heavy atom. The molecule has 0 saturated heterocycles. The van der Waals surface area contributed by atoms with Gasteiger partial charge in [-0.3, -0.25) is 9.59 Å². The second kappa shape index (κ2) is 11.2. The van der Waals surface area contributed by atoms with Crippen molar-refractivity contribution in [2.24, 2.45) is 0 Å². The van der Waals surface area contributed by atoms with E-state index in [0.29, 0.717) is 31.0 Å². The third kappa shape index (κ3) is 7.57. The van der Waals surface area contributed by atoms with Crippen molar-refractivity contribution in [3.8, 4) is 0 Å². The maximum absolute atomic E-state index is 11.9. The first-order valence-corrected chi connectivity index (χ1v) is 8.23. The molecule has 0 saturated carbocycles. The number of hydrogen-bond donors (Lipinski definition) is 1. The van der Waals surface area contributed by atoms with Crippen LogP contribution < -0.4 is 5.32 Å². The summed E-state index contributed by atoms with van der Waals surface area (Å²) in [5, 5.41) is 2.88. The van der Waals surface area contributed by atoms with Gasteiger partial charge in [0.2, 0.25) is 0 Å². The predicted molar refractivity (Wildman–Crippen MR) is 88.3 cm³/mol. The highest BCUT2D eigenvalue weighted by molar-refractivity contribution is 6.17. The van der Waals surface area contributed by atoms with Crippen LogP contribution >= 0.6 is 11.6 Å². The number of amides is 1. The Hall–Kier alpha value is -1.39. The van der Waals surface area contributed by atoms with Crippen LogP contribution in [0.2, 0.25) is 0 Å². The fraction of sp³-hybridized carbons (Fsp3) is 0.529. The minimum Gasteiger partial charge on any atom is -0.374 e. The first kappa shape index (κ1) is 18.7. The fourth-order valence-electron chi connectivity index (χ4n) is 2.01. The molecule has 22 heavy (non-hydrogen) atoms. The average molecular weight is 326 g/mol. The molecule has 1 aromatic carbocycles. The van der Waals surface area contributed by atoms with E-state index in [1.807, 2.05) is 19.1 Å². The molecule has 122 valence electrons. The van der Waals surface area contributed by atoms with Crippen LogP contribution in [0.15, 0.2) is 24.3 Å². The van der Waals surface area contributed by atoms with E-state index in [-0.39, 0.29) is 18.3 Å². The number of unbranched alkanes of at least 4 members (excludes halogenated alkanes) is 2. The molecule has 0 aliphatic heterocycles. The number of halogens is 1. The molecule has 0 radical (unpaired) electrons. The molecule has 0 unspecified atom stereocenters. The summed E-state index contributed by atoms with van der Waals surface area (Å²) in [6.07, 6.45) is 3.16. The van der Waals surface area contributed by atoms with Gasteiger partial charge in [0, 0.05) is 31.0 Å². The van der Waals surface area contributed by atoms with Gasteiger partial charge in [0.15, 0.2) is 5.78 Å². The number of nitrogens with one attached hydrogen (secondary N) is 1. The molecule has 0 aromatic heterocycles. The number of hydrogen-bond acceptors (Lipinski definition) is 3. The summed E-state index contributed by atoms with van der Waals surface area (Å²) in [5.74, 6) is 0.458. The van der Waals surface area contributed by atoms with Crippen LogP contribution in [0.25, 0.3) is 0 Å². The Kier molecular flexibility index (Phi) is 9.51. The lowest BCUT2D eigenvalue weighted by Crippen LogP contribution is -2.24. The van der Waals surface area contributed by atoms with Crippen molar-refractivity contribution >= 4 is 23.3 Å². The van der Waals surface area contributed by atoms with Crippen molar-refractivity contribution in [3.05, 3.63) is 35.4 Å². The lowest BCUT2D eigenvalue weighted by atomic mass is 10.1. The summed E-state index contributed by atoms with van der Waals surface area (Å²) < 4.78 is 5.06. The minimum absolute atomic E-state index is 0.0839. The Bertz CT molecular complexity index is 477. The van der Waals surface area contributed by atoms with Crippen LogP contribution in [0.4, 0.5) is 0 Å². The molecule has 4 nitrogen and oxygen atoms in total. The topological polar surface area (TPSA) is 55.4 Å². The van der Waals surface area contributed by atoms with E-state index in [1.54, 1.807) is 12.1 Å². The summed E-state index contributed by atoms with van der Waals surface area (Å²) in [6.45, 7) is 3.27. The van der Waals surface area contributed by atoms with Gasteiger partial charge in [0.1, 0.15) is 6.61 Å². The monoisotopic (exact) mass is 325 g/mol. The lowest BCUT2D eigenvalue weighted by Gasteiger charge is -2.06. The van der Waals surface area contributed by atoms with Gasteiger partial charge in [0.05, 0.1) is 0 Å². The molecule has 0 heterocycles. The van der Waals surface area contributed by atoms with Crippen LogP contribution in [-0.4, -0.2) is 31.4 Å². The molecule has 0 aliphatic rings. The van der Waals surface area contributed by atoms with Crippen molar-refractivity contribution in [1.29, 1.82) is 0 Å². The summed E-state index contributed by atoms with van der Waals surface area (Å²) in [4.78, 5) is 23.3. The van der Waals surface area contributed by atoms with E-state index in [4.69, 9.17) is 16.3 Å². The highest BCUT2D eigenvalue weighted by Gasteiger charge is 2.05. The van der Waals surface area contributed by atoms with E-state index < -0.39 is 0 Å². The molecule has 1 rings (SSSR count). The summed E-state index contributed by atoms with van der Waals surface area (Å²) in [6, 6.07) is 7.30. The zero-order valence-corrected chi connectivity index (χ0v) is 13.8. The summed E-state index contributed by atoms with van der Waals surface area (Å²) >= 11 is 5.75. The average Bonchev–Trinajstić information content (AvgIpc) is 2.55. The van der Waals surface area contributed by atoms with E-state index in [2.05, 4.69) is 5.32 Å². The van der Waals surface area contributed by atoms with E-state index in [0.717, 1.165) is 24.8 Å². The van der Waals surface area contributed by atoms with Gasteiger partial charge in [-0.15, -0.1) is 11.6 Å². The Balaban J connectivity index is 2.14. The molecule has 1 aromatic rings. The van der Waals surface area contributed by atoms with Gasteiger partial charge in [-0.05, 0) is 37.5 Å². The van der Waals surface area contributed by atoms with E-state index in [9.17, 15) is 9.59 Å². The molecule has 0 bridgehead atoms. The van der Waals surface area contributed by atoms with E-state index >= 15 is 0 Å². The van der Waals surface area contributed by atoms with Gasteiger partial charge in [-0.25, -0.2) is 0 Å². The number of carbonyl (C=O) groups excluding carboxylic acids is 2. The number of alkyl halides is 1. The second-order valence-corrected chi connectivity index (χ2v) is 5.34. The first-order chi connectivity index (χ1) is 10.7. The molecular weight excluding hydrogens is 302 g/mol. The number of ether oxygens (including phenoxy) is 1. The second-order valence-electron chi connectivity index (χ2n) is 5.08. The van der Waals surface area contributed by atoms with Crippen molar-refractivity contribution in [1.82, 2.24) is 5.32 Å². The quantitative estimate of drug-likeness (QED) is 0.501. The number of Topliss-reactive ketones (excluding diaryl/α,β-unsaturated/α-hetero) is 1. The Labute approximate surface area is 137 Å². The SMILES string of the molecule is CCOCC(=O)CCCCCNC(=O)c1cccc(CCl)c1. The van der Waals surface area contributed by atoms with Crippen LogP contribution in [0.3, 0.4) is 0 Å². The van der Waals surface area contributed by atoms with Gasteiger partial charge in [0.25, 0.3) is 5.91 Å². The third-order valence-corrected chi connectivity index (χ3v) is 3.54. The molecular formula is C17H24ClNO3. The van der Waals surface area contributed by atoms with E-state index in [1.165, 1.54) is 0 Å². The zero-order valence-electron chi connectivity index (χ0n) is 13.1. The largest absolute Gasteiger partial charge is 0.374 e. The Morgan fingerprint density at radius 2 is 2.05 bits per heavy atom. The van der Waals surface area contributed by atoms with Crippen LogP contribution in [0.5, 0.6) is 0 Å². The van der Waals surface area contributed by atoms with Crippen molar-refractivity contribution in [2.75, 3.05) is 19.8 Å². The summed E-state index contributed by atoms with van der Waals surface area (Å²) in [7, 11) is 0. The highest BCUT2D eigenvalue weighted by Crippen LogP contribution is 2.08. The number of rotatable bonds is 11. The minimum atomic E-state index is -0.0839. The first-order valence-electron chi connectivity index (χ1n) is 7.70. The molecule has 0 atom stereocenters. The van der Waals surface area contributed by atoms with Crippen LogP contribution in [-0.2, 0) is 15.4 Å². The van der Waals surface area contributed by atoms with Gasteiger partial charge < -0.3 is 10.1 Å². The van der Waals surface area contributed by atoms with Gasteiger partial charge >= 0.3 is 0 Å². The number of benzene rings is 1. The molecule has 1 N–H and O–H groups in total. The molecule has 1 amide bonds. The smallest absolute Gasteiger partial charge is 0.251 e. The lowest BCUT2D eigenvalue weighted by molar-refractivity contribution is -0.123. The third-order valence-electron chi connectivity index (χ3n) is 3.23. The molecule has 0 aliphatic carbocycles. The summed E-state index contributed by atoms with van der Waals surface area (Å²) in [5.41, 5.74) is 1.56. The highest BCUT2D eigenvalue weighted by atomic mass is 35.5. The fourth-order valence-corrected chi connectivity index (χ4v) is 2.18. The number of ketones is 1. The molecule has 5 heteroatoms. The predicted octanol–water partition coefficient (Wildman–Crippen LogP) is 3.32. The van der Waals surface area contributed by atoms with Gasteiger partial charge in [-0.2, -0.15) is 0 Å². The Morgan fingerprint density at radius 1 is 1.23 bits per heavy atom. The standard InChI is InChI=1S/C17H24ClNO3/c1-2-22-13-16(20)9-4-3-5-10-19-17(21)15-8-6-7-14(11-15)12-18/h6-8,11H,2-5,9-10,12-13H2,1H3,(H,19,21). The van der Waals surface area contributed by atoms with Crippen molar-refractivity contribution in [3.63, 3.8) is 0 Å². The van der Waals surface area contributed by atoms with Crippen LogP contribution in [0.1, 0.15) is 48.5 Å². The van der Waals surface area contributed by atoms with Crippen molar-refractivity contribution < 1.29 is 14.3 Å². The molecule has 0 spiro atoms. The maximum atomic E-state index is 11.9. The number of carbonyl (C=O) groups is 2. The normalized spacial score (nSPS) is 10.5. The zero-order chi connectivity index (χ0) is 16.2. The van der Waals surface area contributed by atoms with Crippen LogP contribution in [0, 0.1) is 0 Å². The molecule has 0 fully saturated rings.